The summed E-state index contributed by atoms with van der Waals surface area (Å²) in [6, 6.07) is 6.91. The zero-order valence-corrected chi connectivity index (χ0v) is 15.8. The third kappa shape index (κ3) is 50.7. The quantitative estimate of drug-likeness (QED) is 0.216. The van der Waals surface area contributed by atoms with Crippen LogP contribution < -0.4 is 51.2 Å². The zero-order valence-electron chi connectivity index (χ0n) is 12.7. The molecule has 0 fully saturated rings. The van der Waals surface area contributed by atoms with Crippen LogP contribution in [-0.4, -0.2) is 35.2 Å². The van der Waals surface area contributed by atoms with Crippen LogP contribution in [0.5, 0.6) is 11.5 Å². The van der Waals surface area contributed by atoms with Gasteiger partial charge >= 0.3 is 46.6 Å². The third-order valence-electron chi connectivity index (χ3n) is 0.980. The summed E-state index contributed by atoms with van der Waals surface area (Å²) in [4.78, 5) is 17.8. The van der Waals surface area contributed by atoms with Crippen molar-refractivity contribution in [2.75, 3.05) is 13.1 Å². The largest absolute Gasteiger partial charge is 2.00 e. The van der Waals surface area contributed by atoms with E-state index in [-0.39, 0.29) is 58.1 Å². The van der Waals surface area contributed by atoms with Crippen molar-refractivity contribution in [2.45, 2.75) is 13.8 Å². The molecule has 8 nitrogen and oxygen atoms in total. The summed E-state index contributed by atoms with van der Waals surface area (Å²) < 4.78 is 0. The van der Waals surface area contributed by atoms with Crippen LogP contribution in [0.4, 0.5) is 0 Å². The molecule has 10 heteroatoms. The van der Waals surface area contributed by atoms with Gasteiger partial charge in [-0.15, -0.1) is 12.1 Å². The molecule has 0 aromatic heterocycles. The van der Waals surface area contributed by atoms with Gasteiger partial charge in [0.1, 0.15) is 0 Å². The molecular weight excluding hydrogens is 347 g/mol. The molecule has 1 rings (SSSR count). The molecule has 0 aliphatic carbocycles. The average Bonchev–Trinajstić information content (AvgIpc) is 2.32. The monoisotopic (exact) mass is 366 g/mol. The molecule has 1 aromatic carbocycles. The van der Waals surface area contributed by atoms with Gasteiger partial charge < -0.3 is 41.5 Å². The average molecular weight is 366 g/mol. The smallest absolute Gasteiger partial charge is 0.562 e. The van der Waals surface area contributed by atoms with E-state index < -0.39 is 11.9 Å². The number of hydrogen-bond donors (Lipinski definition) is 4. The fourth-order valence-electron chi connectivity index (χ4n) is 0.419. The van der Waals surface area contributed by atoms with E-state index in [9.17, 15) is 0 Å². The number of hydrogen-bond acceptors (Lipinski definition) is 8. The molecule has 0 unspecified atom stereocenters. The molecule has 0 saturated heterocycles. The number of carboxylic acid groups (broad SMARTS) is 2. The number of rotatable bonds is 1. The normalized spacial score (nSPS) is 6.91. The fourth-order valence-corrected chi connectivity index (χ4v) is 0.419. The predicted octanol–water partition coefficient (Wildman–Crippen LogP) is -5.68. The summed E-state index contributed by atoms with van der Waals surface area (Å²) in [6.07, 6.45) is 0. The van der Waals surface area contributed by atoms with Gasteiger partial charge in [0, 0.05) is 36.5 Å². The first kappa shape index (κ1) is 33.0. The van der Waals surface area contributed by atoms with E-state index in [1.807, 2.05) is 0 Å². The second-order valence-electron chi connectivity index (χ2n) is 2.96. The first-order valence-corrected chi connectivity index (χ1v) is 5.32. The van der Waals surface area contributed by atoms with Gasteiger partial charge in [0.25, 0.3) is 0 Å². The number of para-hydroxylation sites is 1. The number of carbonyl (C=O) groups is 2. The van der Waals surface area contributed by atoms with Gasteiger partial charge in [0.2, 0.25) is 0 Å². The maximum absolute atomic E-state index is 8.89. The summed E-state index contributed by atoms with van der Waals surface area (Å²) in [5.41, 5.74) is 9.81. The summed E-state index contributed by atoms with van der Waals surface area (Å²) in [6.45, 7) is 3.14. The van der Waals surface area contributed by atoms with Crippen molar-refractivity contribution in [1.82, 2.24) is 0 Å². The molecule has 0 amide bonds. The predicted molar refractivity (Wildman–Crippen MR) is 68.1 cm³/mol. The van der Waals surface area contributed by atoms with E-state index in [1.165, 1.54) is 12.1 Å². The summed E-state index contributed by atoms with van der Waals surface area (Å²) >= 11 is 0. The molecule has 0 aliphatic rings. The molecule has 22 heavy (non-hydrogen) atoms. The van der Waals surface area contributed by atoms with E-state index in [2.05, 4.69) is 6.07 Å². The van der Waals surface area contributed by atoms with Crippen LogP contribution in [0.2, 0.25) is 0 Å². The maximum Gasteiger partial charge on any atom is 2.00 e. The van der Waals surface area contributed by atoms with Crippen molar-refractivity contribution < 1.29 is 76.6 Å². The second-order valence-corrected chi connectivity index (χ2v) is 2.96. The SMILES string of the molecule is CC(=O)[O-].CC(=O)[O-].NCCN.Oc1[c-]cccc1O.[Fe+2].[Na+]. The minimum Gasteiger partial charge on any atom is -0.562 e. The van der Waals surface area contributed by atoms with Crippen molar-refractivity contribution in [3.05, 3.63) is 24.3 Å². The number of nitrogens with two attached hydrogens (primary N) is 2. The number of benzene rings is 1. The van der Waals surface area contributed by atoms with Crippen LogP contribution in [-0.2, 0) is 26.7 Å². The number of aromatic hydroxyl groups is 2. The van der Waals surface area contributed by atoms with E-state index in [0.29, 0.717) is 13.1 Å². The number of phenols is 2. The number of carbonyl (C=O) groups excluding carboxylic acids is 2. The Morgan fingerprint density at radius 2 is 1.45 bits per heavy atom. The Balaban J connectivity index is -0.0000000607. The molecule has 0 atom stereocenters. The Hall–Kier alpha value is -0.801. The van der Waals surface area contributed by atoms with Gasteiger partial charge in [0.05, 0.1) is 0 Å². The number of phenolic OH excluding ortho intramolecular Hbond substituents is 2. The first-order valence-electron chi connectivity index (χ1n) is 5.32. The van der Waals surface area contributed by atoms with Gasteiger partial charge in [-0.2, -0.15) is 12.1 Å². The van der Waals surface area contributed by atoms with E-state index in [1.54, 1.807) is 6.07 Å². The van der Waals surface area contributed by atoms with Gasteiger partial charge in [0.15, 0.2) is 0 Å². The van der Waals surface area contributed by atoms with Crippen molar-refractivity contribution >= 4 is 11.9 Å². The zero-order chi connectivity index (χ0) is 16.6. The van der Waals surface area contributed by atoms with Crippen LogP contribution in [0.15, 0.2) is 18.2 Å². The molecule has 0 spiro atoms. The van der Waals surface area contributed by atoms with E-state index in [4.69, 9.17) is 41.5 Å². The molecule has 0 radical (unpaired) electrons. The summed E-state index contributed by atoms with van der Waals surface area (Å²) in [7, 11) is 0. The second kappa shape index (κ2) is 25.2. The molecule has 1 aromatic rings. The Morgan fingerprint density at radius 1 is 1.14 bits per heavy atom. The first-order chi connectivity index (χ1) is 9.18. The number of aliphatic carboxylic acids is 2. The Kier molecular flexibility index (Phi) is 37.7. The van der Waals surface area contributed by atoms with Gasteiger partial charge in [-0.25, -0.2) is 0 Å². The van der Waals surface area contributed by atoms with Crippen LogP contribution in [0.3, 0.4) is 0 Å². The van der Waals surface area contributed by atoms with Crippen LogP contribution >= 0.6 is 0 Å². The van der Waals surface area contributed by atoms with E-state index in [0.717, 1.165) is 13.8 Å². The summed E-state index contributed by atoms with van der Waals surface area (Å²) in [5.74, 6) is -2.50. The van der Waals surface area contributed by atoms with Crippen molar-refractivity contribution in [3.63, 3.8) is 0 Å². The Labute approximate surface area is 162 Å². The Bertz CT molecular complexity index is 339. The topological polar surface area (TPSA) is 173 Å². The van der Waals surface area contributed by atoms with Crippen LogP contribution in [0.1, 0.15) is 13.8 Å². The van der Waals surface area contributed by atoms with Crippen molar-refractivity contribution in [2.24, 2.45) is 11.5 Å². The minimum atomic E-state index is -1.08. The molecule has 0 heterocycles. The van der Waals surface area contributed by atoms with Crippen LogP contribution in [0.25, 0.3) is 0 Å². The van der Waals surface area contributed by atoms with Gasteiger partial charge in [-0.3, -0.25) is 0 Å². The molecule has 0 saturated carbocycles. The molecule has 122 valence electrons. The fraction of sp³-hybridized carbons (Fsp3) is 0.333. The molecule has 6 N–H and O–H groups in total. The van der Waals surface area contributed by atoms with Gasteiger partial charge in [-0.1, -0.05) is 0 Å². The van der Waals surface area contributed by atoms with E-state index >= 15 is 0 Å². The van der Waals surface area contributed by atoms with Crippen molar-refractivity contribution in [3.8, 4) is 11.5 Å². The molecule has 0 bridgehead atoms. The minimum absolute atomic E-state index is 0. The third-order valence-corrected chi connectivity index (χ3v) is 0.980. The van der Waals surface area contributed by atoms with Crippen molar-refractivity contribution in [1.29, 1.82) is 0 Å². The van der Waals surface area contributed by atoms with Gasteiger partial charge in [-0.05, 0) is 13.8 Å². The Morgan fingerprint density at radius 3 is 1.59 bits per heavy atom. The van der Waals surface area contributed by atoms with Crippen LogP contribution in [0, 0.1) is 6.07 Å². The number of carboxylic acids is 2. The molecule has 0 aliphatic heterocycles. The standard InChI is InChI=1S/C6H5O2.C2H8N2.2C2H4O2.Fe.Na/c7-5-3-1-2-4-6(5)8;3-1-2-4;2*1-2(3)4;;/h1-3,7-8H;1-4H2;2*1H3,(H,3,4);;/q-1;;;;+2;+1/p-2. The summed E-state index contributed by atoms with van der Waals surface area (Å²) in [5, 5.41) is 35.0. The molecular formula is C12H19FeN2NaO6. The maximum atomic E-state index is 8.89.